The van der Waals surface area contributed by atoms with E-state index in [0.717, 1.165) is 17.8 Å². The van der Waals surface area contributed by atoms with Gasteiger partial charge in [-0.05, 0) is 41.6 Å². The first-order chi connectivity index (χ1) is 14.4. The predicted molar refractivity (Wildman–Crippen MR) is 108 cm³/mol. The molecule has 30 heavy (non-hydrogen) atoms. The molecule has 0 saturated carbocycles. The number of amides is 1. The van der Waals surface area contributed by atoms with Crippen LogP contribution < -0.4 is 11.2 Å². The fraction of sp³-hybridized carbons (Fsp3) is 0.294. The van der Waals surface area contributed by atoms with Gasteiger partial charge in [0.25, 0.3) is 5.91 Å². The first-order valence-corrected chi connectivity index (χ1v) is 9.39. The van der Waals surface area contributed by atoms with Crippen LogP contribution in [0, 0.1) is 0 Å². The molecule has 0 aliphatic rings. The van der Waals surface area contributed by atoms with Crippen molar-refractivity contribution in [1.82, 2.24) is 35.6 Å². The maximum atomic E-state index is 12.9. The van der Waals surface area contributed by atoms with Crippen molar-refractivity contribution >= 4 is 29.5 Å². The van der Waals surface area contributed by atoms with Crippen LogP contribution >= 0.6 is 11.6 Å². The number of anilines is 1. The molecule has 0 bridgehead atoms. The van der Waals surface area contributed by atoms with Crippen molar-refractivity contribution in [2.45, 2.75) is 20.4 Å². The van der Waals surface area contributed by atoms with Gasteiger partial charge in [-0.15, -0.1) is 5.10 Å². The number of hydrazone groups is 1. The molecule has 2 heterocycles. The Hall–Kier alpha value is -3.51. The third-order valence-electron chi connectivity index (χ3n) is 4.28. The summed E-state index contributed by atoms with van der Waals surface area (Å²) in [5.41, 5.74) is 8.95. The number of aromatic hydroxyl groups is 1. The Morgan fingerprint density at radius 2 is 2.17 bits per heavy atom. The van der Waals surface area contributed by atoms with Gasteiger partial charge in [0, 0.05) is 17.1 Å². The standard InChI is InChI=1S/C17H20ClN9O3/c1-3-26(4-2)9-12-14(27(25-21-12)16-15(19)23-30-24-16)17(29)22-20-8-10-7-11(18)5-6-13(10)28/h5-8,28H,3-4,9H2,1-2H3,(H2,19,23)(H,22,29)/b20-8+. The Morgan fingerprint density at radius 1 is 1.40 bits per heavy atom. The zero-order valence-corrected chi connectivity index (χ0v) is 17.0. The summed E-state index contributed by atoms with van der Waals surface area (Å²) in [7, 11) is 0. The SMILES string of the molecule is CCN(CC)Cc1nnn(-c2nonc2N)c1C(=O)N/N=C/c1cc(Cl)ccc1O. The van der Waals surface area contributed by atoms with Crippen LogP contribution in [0.1, 0.15) is 35.6 Å². The first kappa shape index (κ1) is 21.2. The Balaban J connectivity index is 1.90. The van der Waals surface area contributed by atoms with E-state index in [9.17, 15) is 9.90 Å². The second-order valence-corrected chi connectivity index (χ2v) is 6.57. The van der Waals surface area contributed by atoms with E-state index in [1.807, 2.05) is 13.8 Å². The maximum absolute atomic E-state index is 12.9. The van der Waals surface area contributed by atoms with Gasteiger partial charge in [0.1, 0.15) is 11.4 Å². The summed E-state index contributed by atoms with van der Waals surface area (Å²) in [5, 5.41) is 29.4. The average Bonchev–Trinajstić information content (AvgIpc) is 3.34. The summed E-state index contributed by atoms with van der Waals surface area (Å²) in [5.74, 6) is -0.652. The molecule has 4 N–H and O–H groups in total. The van der Waals surface area contributed by atoms with Crippen LogP contribution in [0.15, 0.2) is 27.9 Å². The second kappa shape index (κ2) is 9.33. The molecule has 3 aromatic rings. The Bertz CT molecular complexity index is 1060. The molecule has 2 aromatic heterocycles. The number of nitrogen functional groups attached to an aromatic ring is 1. The van der Waals surface area contributed by atoms with Crippen LogP contribution in [0.3, 0.4) is 0 Å². The van der Waals surface area contributed by atoms with Crippen LogP contribution in [-0.2, 0) is 6.54 Å². The van der Waals surface area contributed by atoms with Crippen molar-refractivity contribution < 1.29 is 14.5 Å². The largest absolute Gasteiger partial charge is 0.507 e. The van der Waals surface area contributed by atoms with Gasteiger partial charge in [0.2, 0.25) is 11.6 Å². The molecule has 1 amide bonds. The number of nitrogens with zero attached hydrogens (tertiary/aromatic N) is 7. The van der Waals surface area contributed by atoms with Crippen LogP contribution in [0.4, 0.5) is 5.82 Å². The van der Waals surface area contributed by atoms with Crippen molar-refractivity contribution in [3.8, 4) is 11.6 Å². The summed E-state index contributed by atoms with van der Waals surface area (Å²) < 4.78 is 5.75. The van der Waals surface area contributed by atoms with E-state index in [-0.39, 0.29) is 23.1 Å². The number of rotatable bonds is 8. The van der Waals surface area contributed by atoms with Crippen LogP contribution in [0.25, 0.3) is 5.82 Å². The number of carbonyl (C=O) groups is 1. The van der Waals surface area contributed by atoms with E-state index in [1.54, 1.807) is 0 Å². The van der Waals surface area contributed by atoms with Gasteiger partial charge in [0.05, 0.1) is 6.21 Å². The maximum Gasteiger partial charge on any atom is 0.292 e. The topological polar surface area (TPSA) is 161 Å². The van der Waals surface area contributed by atoms with E-state index in [4.69, 9.17) is 17.3 Å². The Labute approximate surface area is 176 Å². The first-order valence-electron chi connectivity index (χ1n) is 9.01. The third kappa shape index (κ3) is 4.55. The fourth-order valence-electron chi connectivity index (χ4n) is 2.63. The quantitative estimate of drug-likeness (QED) is 0.350. The van der Waals surface area contributed by atoms with Gasteiger partial charge in [-0.1, -0.05) is 30.7 Å². The molecule has 13 heteroatoms. The van der Waals surface area contributed by atoms with Gasteiger partial charge < -0.3 is 10.8 Å². The number of carbonyl (C=O) groups excluding carboxylic acids is 1. The fourth-order valence-corrected chi connectivity index (χ4v) is 2.81. The molecular weight excluding hydrogens is 414 g/mol. The number of hydrogen-bond acceptors (Lipinski definition) is 10. The third-order valence-corrected chi connectivity index (χ3v) is 4.51. The lowest BCUT2D eigenvalue weighted by atomic mass is 10.2. The number of phenolic OH excluding ortho intramolecular Hbond substituents is 1. The molecular formula is C17H20ClN9O3. The lowest BCUT2D eigenvalue weighted by Gasteiger charge is -2.16. The molecule has 12 nitrogen and oxygen atoms in total. The molecule has 1 aromatic carbocycles. The van der Waals surface area contributed by atoms with Crippen molar-refractivity contribution in [2.24, 2.45) is 5.10 Å². The minimum Gasteiger partial charge on any atom is -0.507 e. The second-order valence-electron chi connectivity index (χ2n) is 6.13. The van der Waals surface area contributed by atoms with Gasteiger partial charge in [-0.25, -0.2) is 10.1 Å². The smallest absolute Gasteiger partial charge is 0.292 e. The average molecular weight is 434 g/mol. The summed E-state index contributed by atoms with van der Waals surface area (Å²) in [4.78, 5) is 15.0. The number of benzene rings is 1. The summed E-state index contributed by atoms with van der Waals surface area (Å²) in [6.07, 6.45) is 1.27. The lowest BCUT2D eigenvalue weighted by molar-refractivity contribution is 0.0945. The zero-order valence-electron chi connectivity index (χ0n) is 16.3. The molecule has 0 atom stereocenters. The van der Waals surface area contributed by atoms with Gasteiger partial charge in [0.15, 0.2) is 5.69 Å². The zero-order chi connectivity index (χ0) is 21.7. The summed E-state index contributed by atoms with van der Waals surface area (Å²) in [6, 6.07) is 4.46. The van der Waals surface area contributed by atoms with E-state index >= 15 is 0 Å². The molecule has 0 radical (unpaired) electrons. The minimum absolute atomic E-state index is 0.0345. The molecule has 0 spiro atoms. The van der Waals surface area contributed by atoms with E-state index < -0.39 is 5.91 Å². The highest BCUT2D eigenvalue weighted by atomic mass is 35.5. The van der Waals surface area contributed by atoms with E-state index in [1.165, 1.54) is 24.4 Å². The van der Waals surface area contributed by atoms with Crippen LogP contribution in [0.2, 0.25) is 5.02 Å². The van der Waals surface area contributed by atoms with Gasteiger partial charge >= 0.3 is 0 Å². The molecule has 3 rings (SSSR count). The minimum atomic E-state index is -0.609. The van der Waals surface area contributed by atoms with Crippen molar-refractivity contribution in [2.75, 3.05) is 18.8 Å². The normalized spacial score (nSPS) is 11.5. The van der Waals surface area contributed by atoms with E-state index in [2.05, 4.69) is 40.7 Å². The number of nitrogens with one attached hydrogen (secondary N) is 1. The van der Waals surface area contributed by atoms with Crippen molar-refractivity contribution in [3.05, 3.63) is 40.2 Å². The number of phenols is 1. The van der Waals surface area contributed by atoms with Gasteiger partial charge in [-0.2, -0.15) is 9.78 Å². The molecule has 0 aliphatic heterocycles. The summed E-state index contributed by atoms with van der Waals surface area (Å²) in [6.45, 7) is 5.87. The highest BCUT2D eigenvalue weighted by Gasteiger charge is 2.25. The molecule has 158 valence electrons. The van der Waals surface area contributed by atoms with Crippen molar-refractivity contribution in [3.63, 3.8) is 0 Å². The predicted octanol–water partition coefficient (Wildman–Crippen LogP) is 1.20. The molecule has 0 unspecified atom stereocenters. The number of aromatic nitrogens is 5. The highest BCUT2D eigenvalue weighted by Crippen LogP contribution is 2.20. The van der Waals surface area contributed by atoms with Crippen LogP contribution in [0.5, 0.6) is 5.75 Å². The van der Waals surface area contributed by atoms with Crippen LogP contribution in [-0.4, -0.2) is 60.5 Å². The molecule has 0 saturated heterocycles. The van der Waals surface area contributed by atoms with E-state index in [0.29, 0.717) is 22.8 Å². The Morgan fingerprint density at radius 3 is 2.83 bits per heavy atom. The Kier molecular flexibility index (Phi) is 6.59. The molecule has 0 fully saturated rings. The number of nitrogens with two attached hydrogens (primary N) is 1. The number of halogens is 1. The number of hydrogen-bond donors (Lipinski definition) is 3. The lowest BCUT2D eigenvalue weighted by Crippen LogP contribution is -2.27. The summed E-state index contributed by atoms with van der Waals surface area (Å²) >= 11 is 5.91. The highest BCUT2D eigenvalue weighted by molar-refractivity contribution is 6.30. The van der Waals surface area contributed by atoms with Crippen molar-refractivity contribution in [1.29, 1.82) is 0 Å². The monoisotopic (exact) mass is 433 g/mol. The van der Waals surface area contributed by atoms with Gasteiger partial charge in [-0.3, -0.25) is 9.69 Å². The molecule has 0 aliphatic carbocycles.